The average molecular weight is 277 g/mol. The number of nitrogens with zero attached hydrogens (tertiary/aromatic N) is 1. The number of carboxylic acids is 1. The number of aromatic nitrogens is 1. The Hall–Kier alpha value is -0.950. The predicted molar refractivity (Wildman–Crippen MR) is 65.9 cm³/mol. The molecule has 1 heterocycles. The summed E-state index contributed by atoms with van der Waals surface area (Å²) < 4.78 is 23.7. The van der Waals surface area contributed by atoms with Crippen LogP contribution in [0.5, 0.6) is 0 Å². The van der Waals surface area contributed by atoms with E-state index in [2.05, 4.69) is 4.98 Å². The van der Waals surface area contributed by atoms with E-state index < -0.39 is 21.1 Å². The molecule has 96 valence electrons. The Morgan fingerprint density at radius 1 is 1.47 bits per heavy atom. The van der Waals surface area contributed by atoms with Crippen LogP contribution >= 0.6 is 11.3 Å². The molecule has 0 saturated heterocycles. The molecule has 1 unspecified atom stereocenters. The molecule has 0 bridgehead atoms. The highest BCUT2D eigenvalue weighted by Gasteiger charge is 2.25. The van der Waals surface area contributed by atoms with Crippen molar-refractivity contribution in [2.24, 2.45) is 0 Å². The van der Waals surface area contributed by atoms with Gasteiger partial charge in [0.2, 0.25) is 0 Å². The fourth-order valence-electron chi connectivity index (χ4n) is 1.29. The van der Waals surface area contributed by atoms with Crippen molar-refractivity contribution in [3.05, 3.63) is 15.6 Å². The molecule has 0 aliphatic heterocycles. The van der Waals surface area contributed by atoms with Crippen molar-refractivity contribution in [2.75, 3.05) is 0 Å². The first-order chi connectivity index (χ1) is 7.72. The summed E-state index contributed by atoms with van der Waals surface area (Å²) in [5.41, 5.74) is 0.825. The Balaban J connectivity index is 2.82. The largest absolute Gasteiger partial charge is 0.481 e. The van der Waals surface area contributed by atoms with Gasteiger partial charge in [-0.05, 0) is 20.8 Å². The Morgan fingerprint density at radius 3 is 2.47 bits per heavy atom. The zero-order chi connectivity index (χ0) is 13.2. The van der Waals surface area contributed by atoms with Gasteiger partial charge in [-0.2, -0.15) is 0 Å². The molecule has 1 atom stereocenters. The first-order valence-electron chi connectivity index (χ1n) is 5.08. The molecular formula is C10H15NO4S2. The van der Waals surface area contributed by atoms with E-state index in [4.69, 9.17) is 5.11 Å². The summed E-state index contributed by atoms with van der Waals surface area (Å²) in [5.74, 6) is -1.28. The monoisotopic (exact) mass is 277 g/mol. The molecule has 0 radical (unpaired) electrons. The molecule has 5 nitrogen and oxygen atoms in total. The Kier molecular flexibility index (Phi) is 4.26. The number of carbonyl (C=O) groups is 1. The van der Waals surface area contributed by atoms with E-state index in [0.717, 1.165) is 10.6 Å². The number of thiazole rings is 1. The van der Waals surface area contributed by atoms with Crippen molar-refractivity contribution in [3.63, 3.8) is 0 Å². The van der Waals surface area contributed by atoms with Crippen molar-refractivity contribution in [2.45, 2.75) is 38.2 Å². The molecule has 1 aromatic heterocycles. The number of rotatable bonds is 5. The number of aliphatic carboxylic acids is 1. The van der Waals surface area contributed by atoms with Gasteiger partial charge in [-0.3, -0.25) is 4.79 Å². The zero-order valence-corrected chi connectivity index (χ0v) is 11.6. The van der Waals surface area contributed by atoms with Gasteiger partial charge >= 0.3 is 5.97 Å². The summed E-state index contributed by atoms with van der Waals surface area (Å²) >= 11 is 1.34. The lowest BCUT2D eigenvalue weighted by Crippen LogP contribution is -2.22. The van der Waals surface area contributed by atoms with Gasteiger partial charge in [0.1, 0.15) is 10.8 Å². The zero-order valence-electron chi connectivity index (χ0n) is 9.93. The van der Waals surface area contributed by atoms with Crippen LogP contribution in [0.4, 0.5) is 0 Å². The normalized spacial score (nSPS) is 13.6. The van der Waals surface area contributed by atoms with E-state index in [1.54, 1.807) is 0 Å². The smallest absolute Gasteiger partial charge is 0.304 e. The number of aryl methyl sites for hydroxylation is 2. The SMILES string of the molecule is Cc1nc(CS(=O)(=O)C(C)CC(=O)O)sc1C. The fraction of sp³-hybridized carbons (Fsp3) is 0.600. The van der Waals surface area contributed by atoms with Gasteiger partial charge in [-0.25, -0.2) is 13.4 Å². The highest BCUT2D eigenvalue weighted by Crippen LogP contribution is 2.21. The summed E-state index contributed by atoms with van der Waals surface area (Å²) in [7, 11) is -3.44. The van der Waals surface area contributed by atoms with E-state index in [0.29, 0.717) is 5.01 Å². The molecule has 0 saturated carbocycles. The van der Waals surface area contributed by atoms with Crippen LogP contribution in [-0.2, 0) is 20.4 Å². The maximum absolute atomic E-state index is 11.9. The highest BCUT2D eigenvalue weighted by atomic mass is 32.2. The number of sulfone groups is 1. The minimum absolute atomic E-state index is 0.180. The topological polar surface area (TPSA) is 84.3 Å². The lowest BCUT2D eigenvalue weighted by molar-refractivity contribution is -0.136. The molecule has 17 heavy (non-hydrogen) atoms. The molecule has 0 amide bonds. The first kappa shape index (κ1) is 14.1. The van der Waals surface area contributed by atoms with Crippen molar-refractivity contribution in [3.8, 4) is 0 Å². The van der Waals surface area contributed by atoms with Crippen LogP contribution in [0, 0.1) is 13.8 Å². The van der Waals surface area contributed by atoms with E-state index in [-0.39, 0.29) is 12.2 Å². The molecule has 0 aromatic carbocycles. The molecule has 1 N–H and O–H groups in total. The third-order valence-corrected chi connectivity index (χ3v) is 5.80. The molecule has 7 heteroatoms. The third-order valence-electron chi connectivity index (χ3n) is 2.47. The molecule has 0 aliphatic rings. The highest BCUT2D eigenvalue weighted by molar-refractivity contribution is 7.91. The molecule has 1 rings (SSSR count). The molecule has 0 aliphatic carbocycles. The van der Waals surface area contributed by atoms with Crippen LogP contribution in [0.3, 0.4) is 0 Å². The second-order valence-corrected chi connectivity index (χ2v) is 7.67. The summed E-state index contributed by atoms with van der Waals surface area (Å²) in [5, 5.41) is 8.22. The van der Waals surface area contributed by atoms with Gasteiger partial charge < -0.3 is 5.11 Å². The van der Waals surface area contributed by atoms with E-state index in [1.165, 1.54) is 18.3 Å². The minimum atomic E-state index is -3.44. The van der Waals surface area contributed by atoms with Crippen LogP contribution in [0.15, 0.2) is 0 Å². The predicted octanol–water partition coefficient (Wildman–Crippen LogP) is 1.54. The van der Waals surface area contributed by atoms with Gasteiger partial charge in [0.05, 0.1) is 17.4 Å². The Morgan fingerprint density at radius 2 is 2.06 bits per heavy atom. The van der Waals surface area contributed by atoms with Crippen molar-refractivity contribution in [1.82, 2.24) is 4.98 Å². The quantitative estimate of drug-likeness (QED) is 0.882. The minimum Gasteiger partial charge on any atom is -0.481 e. The first-order valence-corrected chi connectivity index (χ1v) is 7.62. The summed E-state index contributed by atoms with van der Waals surface area (Å²) in [4.78, 5) is 15.6. The summed E-state index contributed by atoms with van der Waals surface area (Å²) in [6, 6.07) is 0. The van der Waals surface area contributed by atoms with Crippen molar-refractivity contribution < 1.29 is 18.3 Å². The molecular weight excluding hydrogens is 262 g/mol. The Labute approximate surface area is 104 Å². The van der Waals surface area contributed by atoms with Crippen LogP contribution in [0.25, 0.3) is 0 Å². The van der Waals surface area contributed by atoms with Gasteiger partial charge in [-0.15, -0.1) is 11.3 Å². The van der Waals surface area contributed by atoms with Crippen molar-refractivity contribution >= 4 is 27.1 Å². The summed E-state index contributed by atoms with van der Waals surface area (Å²) in [6.07, 6.45) is -0.369. The van der Waals surface area contributed by atoms with Crippen LogP contribution in [0.1, 0.15) is 28.9 Å². The maximum atomic E-state index is 11.9. The number of hydrogen-bond acceptors (Lipinski definition) is 5. The van der Waals surface area contributed by atoms with Gasteiger partial charge in [0.15, 0.2) is 9.84 Å². The average Bonchev–Trinajstić information content (AvgIpc) is 2.43. The van der Waals surface area contributed by atoms with Gasteiger partial charge in [0, 0.05) is 4.88 Å². The number of carboxylic acid groups (broad SMARTS) is 1. The maximum Gasteiger partial charge on any atom is 0.304 e. The van der Waals surface area contributed by atoms with Crippen LogP contribution < -0.4 is 0 Å². The lowest BCUT2D eigenvalue weighted by Gasteiger charge is -2.08. The third kappa shape index (κ3) is 3.78. The van der Waals surface area contributed by atoms with E-state index >= 15 is 0 Å². The molecule has 0 spiro atoms. The lowest BCUT2D eigenvalue weighted by atomic mass is 10.3. The number of hydrogen-bond donors (Lipinski definition) is 1. The fourth-order valence-corrected chi connectivity index (χ4v) is 3.84. The second-order valence-electron chi connectivity index (χ2n) is 3.96. The van der Waals surface area contributed by atoms with Gasteiger partial charge in [-0.1, -0.05) is 0 Å². The van der Waals surface area contributed by atoms with Gasteiger partial charge in [0.25, 0.3) is 0 Å². The summed E-state index contributed by atoms with van der Waals surface area (Å²) in [6.45, 7) is 5.11. The molecule has 0 fully saturated rings. The molecule has 1 aromatic rings. The Bertz CT molecular complexity index is 499. The van der Waals surface area contributed by atoms with Crippen molar-refractivity contribution in [1.29, 1.82) is 0 Å². The second kappa shape index (κ2) is 5.14. The standard InChI is InChI=1S/C10H15NO4S2/c1-6(4-10(12)13)17(14,15)5-9-11-7(2)8(3)16-9/h6H,4-5H2,1-3H3,(H,12,13). The van der Waals surface area contributed by atoms with E-state index in [9.17, 15) is 13.2 Å². The van der Waals surface area contributed by atoms with E-state index in [1.807, 2.05) is 13.8 Å². The van der Waals surface area contributed by atoms with Crippen LogP contribution in [0.2, 0.25) is 0 Å². The van der Waals surface area contributed by atoms with Crippen LogP contribution in [-0.4, -0.2) is 29.7 Å².